The molecule has 0 heterocycles. The third-order valence-corrected chi connectivity index (χ3v) is 2.77. The van der Waals surface area contributed by atoms with Crippen molar-refractivity contribution in [1.82, 2.24) is 5.32 Å². The fraction of sp³-hybridized carbons (Fsp3) is 0.500. The summed E-state index contributed by atoms with van der Waals surface area (Å²) < 4.78 is 0. The van der Waals surface area contributed by atoms with Gasteiger partial charge in [-0.15, -0.1) is 0 Å². The first-order valence-corrected chi connectivity index (χ1v) is 5.61. The summed E-state index contributed by atoms with van der Waals surface area (Å²) in [6.07, 6.45) is -0.299. The first-order valence-electron chi connectivity index (χ1n) is 5.23. The number of hydrogen-bond donors (Lipinski definition) is 2. The highest BCUT2D eigenvalue weighted by Crippen LogP contribution is 2.14. The molecule has 15 heavy (non-hydrogen) atoms. The first-order chi connectivity index (χ1) is 7.11. The largest absolute Gasteiger partial charge is 0.392 e. The molecule has 0 fully saturated rings. The normalized spacial score (nSPS) is 13.1. The van der Waals surface area contributed by atoms with E-state index >= 15 is 0 Å². The predicted octanol–water partition coefficient (Wildman–Crippen LogP) is 2.45. The van der Waals surface area contributed by atoms with Crippen molar-refractivity contribution in [1.29, 1.82) is 0 Å². The van der Waals surface area contributed by atoms with Crippen LogP contribution in [0.2, 0.25) is 5.02 Å². The van der Waals surface area contributed by atoms with Crippen LogP contribution in [0.1, 0.15) is 19.4 Å². The summed E-state index contributed by atoms with van der Waals surface area (Å²) >= 11 is 6.00. The monoisotopic (exact) mass is 227 g/mol. The topological polar surface area (TPSA) is 32.3 Å². The maximum Gasteiger partial charge on any atom is 0.0687 e. The van der Waals surface area contributed by atoms with Gasteiger partial charge in [-0.05, 0) is 17.5 Å². The second-order valence-electron chi connectivity index (χ2n) is 4.03. The Hall–Kier alpha value is -0.570. The molecule has 2 nitrogen and oxygen atoms in total. The highest BCUT2D eigenvalue weighted by molar-refractivity contribution is 6.31. The van der Waals surface area contributed by atoms with E-state index in [1.54, 1.807) is 0 Å². The van der Waals surface area contributed by atoms with Crippen molar-refractivity contribution in [3.63, 3.8) is 0 Å². The lowest BCUT2D eigenvalue weighted by Crippen LogP contribution is -2.30. The second-order valence-corrected chi connectivity index (χ2v) is 4.44. The molecule has 0 saturated heterocycles. The zero-order chi connectivity index (χ0) is 11.3. The molecule has 0 aliphatic rings. The zero-order valence-electron chi connectivity index (χ0n) is 9.20. The van der Waals surface area contributed by atoms with Gasteiger partial charge in [0, 0.05) is 18.1 Å². The smallest absolute Gasteiger partial charge is 0.0687 e. The summed E-state index contributed by atoms with van der Waals surface area (Å²) in [6.45, 7) is 5.30. The predicted molar refractivity (Wildman–Crippen MR) is 64.0 cm³/mol. The van der Waals surface area contributed by atoms with Gasteiger partial charge in [-0.2, -0.15) is 0 Å². The van der Waals surface area contributed by atoms with Crippen LogP contribution in [0.25, 0.3) is 0 Å². The van der Waals surface area contributed by atoms with Gasteiger partial charge < -0.3 is 10.4 Å². The van der Waals surface area contributed by atoms with Crippen LogP contribution >= 0.6 is 11.6 Å². The van der Waals surface area contributed by atoms with Gasteiger partial charge in [0.25, 0.3) is 0 Å². The van der Waals surface area contributed by atoms with Gasteiger partial charge in [0.05, 0.1) is 6.10 Å². The van der Waals surface area contributed by atoms with E-state index in [0.29, 0.717) is 13.1 Å². The lowest BCUT2D eigenvalue weighted by atomic mass is 10.1. The lowest BCUT2D eigenvalue weighted by molar-refractivity contribution is 0.123. The van der Waals surface area contributed by atoms with Crippen molar-refractivity contribution in [2.45, 2.75) is 26.5 Å². The fourth-order valence-electron chi connectivity index (χ4n) is 1.23. The molecule has 1 unspecified atom stereocenters. The maximum absolute atomic E-state index is 9.58. The molecule has 0 aliphatic carbocycles. The average molecular weight is 228 g/mol. The van der Waals surface area contributed by atoms with Gasteiger partial charge in [-0.3, -0.25) is 0 Å². The van der Waals surface area contributed by atoms with E-state index in [4.69, 9.17) is 11.6 Å². The second kappa shape index (κ2) is 6.11. The Labute approximate surface area is 96.3 Å². The highest BCUT2D eigenvalue weighted by atomic mass is 35.5. The molecular weight excluding hydrogens is 210 g/mol. The number of rotatable bonds is 5. The van der Waals surface area contributed by atoms with Crippen LogP contribution in [0.15, 0.2) is 24.3 Å². The van der Waals surface area contributed by atoms with E-state index in [9.17, 15) is 5.11 Å². The zero-order valence-corrected chi connectivity index (χ0v) is 9.96. The molecule has 1 aromatic carbocycles. The summed E-state index contributed by atoms with van der Waals surface area (Å²) in [6, 6.07) is 7.73. The number of benzene rings is 1. The van der Waals surface area contributed by atoms with Gasteiger partial charge in [-0.25, -0.2) is 0 Å². The Morgan fingerprint density at radius 3 is 2.60 bits per heavy atom. The average Bonchev–Trinajstić information content (AvgIpc) is 2.20. The summed E-state index contributed by atoms with van der Waals surface area (Å²) in [5.74, 6) is 0.281. The van der Waals surface area contributed by atoms with E-state index in [2.05, 4.69) is 5.32 Å². The van der Waals surface area contributed by atoms with Gasteiger partial charge in [0.2, 0.25) is 0 Å². The molecule has 0 amide bonds. The summed E-state index contributed by atoms with van der Waals surface area (Å²) in [4.78, 5) is 0. The van der Waals surface area contributed by atoms with E-state index < -0.39 is 0 Å². The van der Waals surface area contributed by atoms with Gasteiger partial charge >= 0.3 is 0 Å². The number of aliphatic hydroxyl groups is 1. The summed E-state index contributed by atoms with van der Waals surface area (Å²) in [5.41, 5.74) is 1.06. The van der Waals surface area contributed by atoms with Gasteiger partial charge in [-0.1, -0.05) is 43.6 Å². The molecule has 0 radical (unpaired) electrons. The molecule has 2 N–H and O–H groups in total. The van der Waals surface area contributed by atoms with E-state index in [0.717, 1.165) is 10.6 Å². The SMILES string of the molecule is CC(C)C(O)CNCc1ccccc1Cl. The third kappa shape index (κ3) is 4.20. The Morgan fingerprint density at radius 2 is 2.00 bits per heavy atom. The minimum Gasteiger partial charge on any atom is -0.392 e. The molecular formula is C12H18ClNO. The maximum atomic E-state index is 9.58. The van der Waals surface area contributed by atoms with Crippen LogP contribution < -0.4 is 5.32 Å². The number of hydrogen-bond acceptors (Lipinski definition) is 2. The van der Waals surface area contributed by atoms with Crippen LogP contribution in [0, 0.1) is 5.92 Å². The van der Waals surface area contributed by atoms with E-state index in [1.165, 1.54) is 0 Å². The Balaban J connectivity index is 2.35. The Kier molecular flexibility index (Phi) is 5.09. The van der Waals surface area contributed by atoms with Crippen molar-refractivity contribution >= 4 is 11.6 Å². The minimum atomic E-state index is -0.299. The molecule has 0 aromatic heterocycles. The standard InChI is InChI=1S/C12H18ClNO/c1-9(2)12(15)8-14-7-10-5-3-4-6-11(10)13/h3-6,9,12,14-15H,7-8H2,1-2H3. The van der Waals surface area contributed by atoms with Crippen LogP contribution in [-0.2, 0) is 6.54 Å². The van der Waals surface area contributed by atoms with Gasteiger partial charge in [0.15, 0.2) is 0 Å². The summed E-state index contributed by atoms with van der Waals surface area (Å²) in [7, 11) is 0. The highest BCUT2D eigenvalue weighted by Gasteiger charge is 2.08. The molecule has 0 saturated carbocycles. The van der Waals surface area contributed by atoms with Crippen molar-refractivity contribution in [3.8, 4) is 0 Å². The molecule has 0 aliphatic heterocycles. The quantitative estimate of drug-likeness (QED) is 0.810. The van der Waals surface area contributed by atoms with Crippen LogP contribution in [0.5, 0.6) is 0 Å². The number of aliphatic hydroxyl groups excluding tert-OH is 1. The van der Waals surface area contributed by atoms with Gasteiger partial charge in [0.1, 0.15) is 0 Å². The number of halogens is 1. The lowest BCUT2D eigenvalue weighted by Gasteiger charge is -2.15. The molecule has 1 aromatic rings. The van der Waals surface area contributed by atoms with Crippen molar-refractivity contribution in [2.75, 3.05) is 6.54 Å². The molecule has 1 atom stereocenters. The van der Waals surface area contributed by atoms with Crippen molar-refractivity contribution in [3.05, 3.63) is 34.9 Å². The minimum absolute atomic E-state index is 0.281. The van der Waals surface area contributed by atoms with E-state index in [1.807, 2.05) is 38.1 Å². The van der Waals surface area contributed by atoms with Crippen molar-refractivity contribution in [2.24, 2.45) is 5.92 Å². The molecule has 0 spiro atoms. The molecule has 3 heteroatoms. The molecule has 84 valence electrons. The number of nitrogens with one attached hydrogen (secondary N) is 1. The van der Waals surface area contributed by atoms with E-state index in [-0.39, 0.29) is 12.0 Å². The fourth-order valence-corrected chi connectivity index (χ4v) is 1.43. The van der Waals surface area contributed by atoms with Crippen LogP contribution in [0.3, 0.4) is 0 Å². The third-order valence-electron chi connectivity index (χ3n) is 2.40. The van der Waals surface area contributed by atoms with Crippen molar-refractivity contribution < 1.29 is 5.11 Å². The molecule has 0 bridgehead atoms. The van der Waals surface area contributed by atoms with Crippen LogP contribution in [0.4, 0.5) is 0 Å². The van der Waals surface area contributed by atoms with Crippen LogP contribution in [-0.4, -0.2) is 17.8 Å². The Bertz CT molecular complexity index is 301. The Morgan fingerprint density at radius 1 is 1.33 bits per heavy atom. The summed E-state index contributed by atoms with van der Waals surface area (Å²) in [5, 5.41) is 13.5. The first kappa shape index (κ1) is 12.5. The molecule has 1 rings (SSSR count).